The number of carbonyl (C=O) groups excluding carboxylic acids is 3. The molecule has 2 aromatic heterocycles. The van der Waals surface area contributed by atoms with Gasteiger partial charge in [0.05, 0.1) is 6.33 Å². The fourth-order valence-corrected chi connectivity index (χ4v) is 3.80. The normalized spacial score (nSPS) is 23.4. The van der Waals surface area contributed by atoms with E-state index in [9.17, 15) is 24.3 Å². The number of unbranched alkanes of at least 4 members (excludes halogenated alkanes) is 2. The van der Waals surface area contributed by atoms with Crippen molar-refractivity contribution >= 4 is 34.8 Å². The minimum Gasteiger partial charge on any atom is -0.455 e. The number of aromatic amines is 1. The minimum atomic E-state index is -1.65. The molecule has 13 heteroatoms. The van der Waals surface area contributed by atoms with E-state index in [2.05, 4.69) is 15.0 Å². The van der Waals surface area contributed by atoms with Crippen LogP contribution in [0.1, 0.15) is 52.7 Å². The number of nitrogens with two attached hydrogens (primary N) is 1. The molecule has 0 aliphatic carbocycles. The zero-order chi connectivity index (χ0) is 24.3. The summed E-state index contributed by atoms with van der Waals surface area (Å²) in [6.07, 6.45) is -3.20. The number of ether oxygens (including phenoxy) is 3. The monoisotopic (exact) mass is 465 g/mol. The van der Waals surface area contributed by atoms with E-state index >= 15 is 0 Å². The number of hydrogen-bond acceptors (Lipinski definition) is 11. The predicted octanol–water partition coefficient (Wildman–Crippen LogP) is -0.0271. The summed E-state index contributed by atoms with van der Waals surface area (Å²) in [4.78, 5) is 58.8. The maximum Gasteiger partial charge on any atom is 0.303 e. The highest BCUT2D eigenvalue weighted by Gasteiger charge is 2.54. The number of aliphatic hydroxyl groups is 1. The van der Waals surface area contributed by atoms with Crippen molar-refractivity contribution in [1.82, 2.24) is 19.5 Å². The number of imidazole rings is 1. The Balaban J connectivity index is 2.02. The summed E-state index contributed by atoms with van der Waals surface area (Å²) >= 11 is 0. The number of aliphatic hydroxyl groups excluding tert-OH is 1. The standard InChI is InChI=1S/C20H27N5O8/c1-4-5-6-7-11(28)13(29)14-15(31-9(2)26)16(32-10(3)27)19(33-14)25-8-22-12-17(25)23-20(21)24-18(12)30/h8,13-16,19,29H,4-7H2,1-3H3,(H3,21,23,24,30)/t13?,14-,15-,16-,19-/m1/s1. The number of nitrogens with one attached hydrogen (secondary N) is 1. The number of esters is 2. The Bertz CT molecular complexity index is 1100. The van der Waals surface area contributed by atoms with E-state index in [1.165, 1.54) is 10.9 Å². The second kappa shape index (κ2) is 10.1. The fourth-order valence-electron chi connectivity index (χ4n) is 3.80. The Morgan fingerprint density at radius 1 is 1.24 bits per heavy atom. The van der Waals surface area contributed by atoms with Crippen LogP contribution >= 0.6 is 0 Å². The quantitative estimate of drug-likeness (QED) is 0.333. The van der Waals surface area contributed by atoms with E-state index in [4.69, 9.17) is 19.9 Å². The van der Waals surface area contributed by atoms with Crippen molar-refractivity contribution < 1.29 is 33.7 Å². The Labute approximate surface area is 188 Å². The molecule has 1 fully saturated rings. The lowest BCUT2D eigenvalue weighted by Gasteiger charge is -2.25. The van der Waals surface area contributed by atoms with Gasteiger partial charge in [-0.3, -0.25) is 28.7 Å². The largest absolute Gasteiger partial charge is 0.455 e. The number of H-pyrrole nitrogens is 1. The summed E-state index contributed by atoms with van der Waals surface area (Å²) < 4.78 is 17.9. The molecule has 0 saturated carbocycles. The van der Waals surface area contributed by atoms with Crippen LogP contribution in [0.25, 0.3) is 11.2 Å². The third-order valence-corrected chi connectivity index (χ3v) is 5.22. The molecule has 0 spiro atoms. The zero-order valence-corrected chi connectivity index (χ0v) is 18.5. The van der Waals surface area contributed by atoms with Crippen LogP contribution in [0.3, 0.4) is 0 Å². The molecule has 0 radical (unpaired) electrons. The predicted molar refractivity (Wildman–Crippen MR) is 113 cm³/mol. The van der Waals surface area contributed by atoms with Gasteiger partial charge in [-0.1, -0.05) is 19.8 Å². The first-order valence-electron chi connectivity index (χ1n) is 10.6. The Kier molecular flexibility index (Phi) is 7.43. The second-order valence-electron chi connectivity index (χ2n) is 7.78. The van der Waals surface area contributed by atoms with E-state index < -0.39 is 53.9 Å². The summed E-state index contributed by atoms with van der Waals surface area (Å²) in [5.74, 6) is -2.13. The lowest BCUT2D eigenvalue weighted by molar-refractivity contribution is -0.167. The van der Waals surface area contributed by atoms with Gasteiger partial charge in [0, 0.05) is 20.3 Å². The molecule has 1 aliphatic heterocycles. The Morgan fingerprint density at radius 3 is 2.55 bits per heavy atom. The van der Waals surface area contributed by atoms with Crippen molar-refractivity contribution in [3.63, 3.8) is 0 Å². The molecule has 0 aromatic carbocycles. The van der Waals surface area contributed by atoms with Crippen molar-refractivity contribution in [2.24, 2.45) is 0 Å². The lowest BCUT2D eigenvalue weighted by Crippen LogP contribution is -2.46. The molecule has 2 aromatic rings. The number of Topliss-reactive ketones (excluding diaryl/α,β-unsaturated/α-hetero) is 1. The Morgan fingerprint density at radius 2 is 1.91 bits per heavy atom. The average Bonchev–Trinajstić information content (AvgIpc) is 3.29. The SMILES string of the molecule is CCCCCC(=O)C(O)[C@H]1O[C@@H](n2cnc3c(=O)[nH]c(N)nc32)[C@H](OC(C)=O)[C@@H]1OC(C)=O. The van der Waals surface area contributed by atoms with Crippen molar-refractivity contribution in [3.8, 4) is 0 Å². The van der Waals surface area contributed by atoms with Gasteiger partial charge in [0.25, 0.3) is 5.56 Å². The van der Waals surface area contributed by atoms with E-state index in [0.717, 1.165) is 26.7 Å². The fraction of sp³-hybridized carbons (Fsp3) is 0.600. The third-order valence-electron chi connectivity index (χ3n) is 5.22. The molecular weight excluding hydrogens is 438 g/mol. The van der Waals surface area contributed by atoms with Crippen LogP contribution in [0.2, 0.25) is 0 Å². The number of carbonyl (C=O) groups is 3. The molecule has 1 unspecified atom stereocenters. The van der Waals surface area contributed by atoms with Crippen molar-refractivity contribution in [2.45, 2.75) is 77.1 Å². The molecule has 1 aliphatic rings. The number of aromatic nitrogens is 4. The maximum absolute atomic E-state index is 12.6. The number of ketones is 1. The van der Waals surface area contributed by atoms with Crippen molar-refractivity contribution in [1.29, 1.82) is 0 Å². The average molecular weight is 465 g/mol. The summed E-state index contributed by atoms with van der Waals surface area (Å²) in [5, 5.41) is 10.7. The summed E-state index contributed by atoms with van der Waals surface area (Å²) in [6.45, 7) is 4.26. The summed E-state index contributed by atoms with van der Waals surface area (Å²) in [5.41, 5.74) is 5.01. The highest BCUT2D eigenvalue weighted by atomic mass is 16.6. The van der Waals surface area contributed by atoms with Crippen LogP contribution < -0.4 is 11.3 Å². The first kappa shape index (κ1) is 24.3. The van der Waals surface area contributed by atoms with E-state index in [1.54, 1.807) is 0 Å². The molecule has 33 heavy (non-hydrogen) atoms. The van der Waals surface area contributed by atoms with Gasteiger partial charge in [-0.15, -0.1) is 0 Å². The van der Waals surface area contributed by atoms with Gasteiger partial charge in [0.2, 0.25) is 5.95 Å². The smallest absolute Gasteiger partial charge is 0.303 e. The van der Waals surface area contributed by atoms with Crippen LogP contribution in [0.5, 0.6) is 0 Å². The molecule has 13 nitrogen and oxygen atoms in total. The number of nitrogens with zero attached hydrogens (tertiary/aromatic N) is 3. The van der Waals surface area contributed by atoms with Gasteiger partial charge in [-0.2, -0.15) is 4.98 Å². The van der Waals surface area contributed by atoms with Crippen LogP contribution in [0, 0.1) is 0 Å². The van der Waals surface area contributed by atoms with E-state index in [1.807, 2.05) is 6.92 Å². The first-order valence-corrected chi connectivity index (χ1v) is 10.6. The van der Waals surface area contributed by atoms with Gasteiger partial charge in [0.15, 0.2) is 35.4 Å². The highest BCUT2D eigenvalue weighted by molar-refractivity contribution is 5.83. The molecule has 3 heterocycles. The molecule has 4 N–H and O–H groups in total. The Hall–Kier alpha value is -3.32. The summed E-state index contributed by atoms with van der Waals surface area (Å²) in [7, 11) is 0. The lowest BCUT2D eigenvalue weighted by atomic mass is 9.98. The zero-order valence-electron chi connectivity index (χ0n) is 18.5. The second-order valence-corrected chi connectivity index (χ2v) is 7.78. The van der Waals surface area contributed by atoms with Crippen LogP contribution in [-0.2, 0) is 28.6 Å². The number of hydrogen-bond donors (Lipinski definition) is 3. The van der Waals surface area contributed by atoms with Crippen LogP contribution in [0.15, 0.2) is 11.1 Å². The molecule has 180 valence electrons. The van der Waals surface area contributed by atoms with Crippen molar-refractivity contribution in [2.75, 3.05) is 5.73 Å². The number of anilines is 1. The minimum absolute atomic E-state index is 0.0180. The van der Waals surface area contributed by atoms with E-state index in [0.29, 0.717) is 6.42 Å². The van der Waals surface area contributed by atoms with Gasteiger partial charge in [-0.25, -0.2) is 4.98 Å². The molecule has 0 bridgehead atoms. The first-order chi connectivity index (χ1) is 15.6. The highest BCUT2D eigenvalue weighted by Crippen LogP contribution is 2.37. The number of fused-ring (bicyclic) bond motifs is 1. The number of nitrogen functional groups attached to an aromatic ring is 1. The molecule has 3 rings (SSSR count). The van der Waals surface area contributed by atoms with Crippen molar-refractivity contribution in [3.05, 3.63) is 16.7 Å². The molecule has 0 amide bonds. The van der Waals surface area contributed by atoms with Gasteiger partial charge in [0.1, 0.15) is 12.2 Å². The van der Waals surface area contributed by atoms with Gasteiger partial charge >= 0.3 is 11.9 Å². The maximum atomic E-state index is 12.6. The molecule has 5 atom stereocenters. The number of rotatable bonds is 9. The topological polar surface area (TPSA) is 189 Å². The van der Waals surface area contributed by atoms with Crippen LogP contribution in [-0.4, -0.2) is 66.8 Å². The third kappa shape index (κ3) is 5.20. The summed E-state index contributed by atoms with van der Waals surface area (Å²) in [6, 6.07) is 0. The molecule has 1 saturated heterocycles. The van der Waals surface area contributed by atoms with E-state index in [-0.39, 0.29) is 23.5 Å². The van der Waals surface area contributed by atoms with Gasteiger partial charge in [-0.05, 0) is 6.42 Å². The van der Waals surface area contributed by atoms with Gasteiger partial charge < -0.3 is 25.1 Å². The van der Waals surface area contributed by atoms with Crippen LogP contribution in [0.4, 0.5) is 5.95 Å². The molecular formula is C20H27N5O8.